The number of nitrogens with zero attached hydrogens (tertiary/aromatic N) is 1. The van der Waals surface area contributed by atoms with E-state index in [2.05, 4.69) is 26.5 Å². The monoisotopic (exact) mass is 191 g/mol. The summed E-state index contributed by atoms with van der Waals surface area (Å²) in [6, 6.07) is 2.10. The molecule has 0 unspecified atom stereocenters. The highest BCUT2D eigenvalue weighted by molar-refractivity contribution is 5.12. The molecule has 1 fully saturated rings. The van der Waals surface area contributed by atoms with Crippen LogP contribution in [0.15, 0.2) is 24.2 Å². The largest absolute Gasteiger partial charge is 0.466 e. The van der Waals surface area contributed by atoms with Gasteiger partial charge in [-0.2, -0.15) is 5.26 Å². The van der Waals surface area contributed by atoms with E-state index in [1.165, 1.54) is 0 Å². The minimum Gasteiger partial charge on any atom is -0.466 e. The van der Waals surface area contributed by atoms with Crippen molar-refractivity contribution in [1.29, 1.82) is 5.26 Å². The van der Waals surface area contributed by atoms with Crippen LogP contribution in [-0.2, 0) is 4.74 Å². The Morgan fingerprint density at radius 1 is 1.64 bits per heavy atom. The molecule has 1 saturated heterocycles. The Morgan fingerprint density at radius 2 is 2.36 bits per heavy atom. The molecule has 0 aromatic rings. The fourth-order valence-electron chi connectivity index (χ4n) is 1.65. The number of hydrogen-bond donors (Lipinski definition) is 0. The lowest BCUT2D eigenvalue weighted by Crippen LogP contribution is -2.14. The molecule has 0 saturated carbocycles. The van der Waals surface area contributed by atoms with Crippen LogP contribution in [0.5, 0.6) is 0 Å². The van der Waals surface area contributed by atoms with E-state index in [0.717, 1.165) is 30.8 Å². The van der Waals surface area contributed by atoms with Crippen molar-refractivity contribution in [1.82, 2.24) is 0 Å². The zero-order valence-corrected chi connectivity index (χ0v) is 8.97. The van der Waals surface area contributed by atoms with E-state index in [0.29, 0.717) is 6.42 Å². The Balaban J connectivity index is 2.85. The quantitative estimate of drug-likeness (QED) is 0.635. The number of rotatable bonds is 1. The molecular weight excluding hydrogens is 174 g/mol. The van der Waals surface area contributed by atoms with Crippen molar-refractivity contribution in [2.45, 2.75) is 39.5 Å². The summed E-state index contributed by atoms with van der Waals surface area (Å²) in [7, 11) is 0. The van der Waals surface area contributed by atoms with Crippen molar-refractivity contribution in [2.24, 2.45) is 5.41 Å². The molecule has 1 rings (SSSR count). The maximum Gasteiger partial charge on any atom is 0.106 e. The van der Waals surface area contributed by atoms with Gasteiger partial charge in [0.1, 0.15) is 5.76 Å². The molecule has 0 spiro atoms. The average Bonchev–Trinajstić information content (AvgIpc) is 2.22. The van der Waals surface area contributed by atoms with Gasteiger partial charge in [-0.25, -0.2) is 0 Å². The molecule has 76 valence electrons. The minimum absolute atomic E-state index is 0.0380. The highest BCUT2D eigenvalue weighted by atomic mass is 16.5. The van der Waals surface area contributed by atoms with Gasteiger partial charge >= 0.3 is 0 Å². The summed E-state index contributed by atoms with van der Waals surface area (Å²) >= 11 is 0. The third-order valence-corrected chi connectivity index (χ3v) is 2.56. The Morgan fingerprint density at radius 3 is 3.00 bits per heavy atom. The summed E-state index contributed by atoms with van der Waals surface area (Å²) in [4.78, 5) is 0. The first-order chi connectivity index (χ1) is 6.56. The maximum atomic E-state index is 8.53. The van der Waals surface area contributed by atoms with Gasteiger partial charge in [0.25, 0.3) is 0 Å². The average molecular weight is 191 g/mol. The second-order valence-electron chi connectivity index (χ2n) is 4.31. The molecule has 0 aromatic carbocycles. The first-order valence-electron chi connectivity index (χ1n) is 4.99. The molecule has 0 amide bonds. The van der Waals surface area contributed by atoms with Gasteiger partial charge in [-0.05, 0) is 18.9 Å². The smallest absolute Gasteiger partial charge is 0.106 e. The molecule has 0 atom stereocenters. The van der Waals surface area contributed by atoms with Gasteiger partial charge in [-0.15, -0.1) is 0 Å². The summed E-state index contributed by atoms with van der Waals surface area (Å²) in [6.07, 6.45) is 5.40. The van der Waals surface area contributed by atoms with Crippen molar-refractivity contribution < 1.29 is 4.74 Å². The van der Waals surface area contributed by atoms with Crippen LogP contribution in [0.2, 0.25) is 0 Å². The molecular formula is C12H17NO. The fourth-order valence-corrected chi connectivity index (χ4v) is 1.65. The molecule has 0 N–H and O–H groups in total. The predicted molar refractivity (Wildman–Crippen MR) is 56.2 cm³/mol. The van der Waals surface area contributed by atoms with Crippen LogP contribution < -0.4 is 0 Å². The van der Waals surface area contributed by atoms with Crippen LogP contribution in [0.3, 0.4) is 0 Å². The van der Waals surface area contributed by atoms with Gasteiger partial charge in [-0.3, -0.25) is 0 Å². The Bertz CT molecular complexity index is 294. The molecule has 1 aliphatic rings. The fraction of sp³-hybridized carbons (Fsp3) is 0.583. The lowest BCUT2D eigenvalue weighted by Gasteiger charge is -2.24. The third-order valence-electron chi connectivity index (χ3n) is 2.56. The summed E-state index contributed by atoms with van der Waals surface area (Å²) in [5, 5.41) is 8.53. The lowest BCUT2D eigenvalue weighted by molar-refractivity contribution is 0.215. The summed E-state index contributed by atoms with van der Waals surface area (Å²) < 4.78 is 5.64. The van der Waals surface area contributed by atoms with E-state index in [-0.39, 0.29) is 5.41 Å². The van der Waals surface area contributed by atoms with Gasteiger partial charge in [0, 0.05) is 11.8 Å². The van der Waals surface area contributed by atoms with E-state index in [4.69, 9.17) is 10.00 Å². The second kappa shape index (κ2) is 4.32. The summed E-state index contributed by atoms with van der Waals surface area (Å²) in [5.41, 5.74) is 0.0380. The molecule has 1 heterocycles. The highest BCUT2D eigenvalue weighted by Crippen LogP contribution is 2.38. The highest BCUT2D eigenvalue weighted by Gasteiger charge is 2.27. The summed E-state index contributed by atoms with van der Waals surface area (Å²) in [6.45, 7) is 8.15. The number of nitriles is 1. The molecule has 14 heavy (non-hydrogen) atoms. The lowest BCUT2D eigenvalue weighted by atomic mass is 9.85. The summed E-state index contributed by atoms with van der Waals surface area (Å²) in [5.74, 6) is 1.72. The number of ether oxygens (including phenoxy) is 1. The van der Waals surface area contributed by atoms with Gasteiger partial charge in [-0.1, -0.05) is 20.4 Å². The van der Waals surface area contributed by atoms with Crippen LogP contribution in [0, 0.1) is 16.7 Å². The van der Waals surface area contributed by atoms with Gasteiger partial charge in [0.05, 0.1) is 18.2 Å². The second-order valence-corrected chi connectivity index (χ2v) is 4.31. The molecule has 0 aliphatic carbocycles. The zero-order chi connectivity index (χ0) is 10.6. The Hall–Kier alpha value is -1.23. The van der Waals surface area contributed by atoms with Crippen molar-refractivity contribution in [3.05, 3.63) is 24.2 Å². The number of hydrogen-bond acceptors (Lipinski definition) is 2. The van der Waals surface area contributed by atoms with E-state index >= 15 is 0 Å². The predicted octanol–water partition coefficient (Wildman–Crippen LogP) is 3.52. The SMILES string of the molecule is C=C1CCCC(C)(C)/C(=C/CC#N)O1. The van der Waals surface area contributed by atoms with Crippen molar-refractivity contribution in [3.8, 4) is 6.07 Å². The minimum atomic E-state index is 0.0380. The molecule has 0 bridgehead atoms. The van der Waals surface area contributed by atoms with E-state index < -0.39 is 0 Å². The molecule has 0 radical (unpaired) electrons. The molecule has 2 heteroatoms. The van der Waals surface area contributed by atoms with E-state index in [1.807, 2.05) is 6.08 Å². The molecule has 2 nitrogen and oxygen atoms in total. The maximum absolute atomic E-state index is 8.53. The van der Waals surface area contributed by atoms with Crippen molar-refractivity contribution in [2.75, 3.05) is 0 Å². The van der Waals surface area contributed by atoms with Crippen molar-refractivity contribution >= 4 is 0 Å². The van der Waals surface area contributed by atoms with E-state index in [1.54, 1.807) is 0 Å². The first kappa shape index (κ1) is 10.8. The van der Waals surface area contributed by atoms with Crippen molar-refractivity contribution in [3.63, 3.8) is 0 Å². The van der Waals surface area contributed by atoms with Crippen LogP contribution in [0.25, 0.3) is 0 Å². The number of allylic oxidation sites excluding steroid dienone is 3. The van der Waals surface area contributed by atoms with Gasteiger partial charge in [0.15, 0.2) is 0 Å². The molecule has 0 aromatic heterocycles. The third kappa shape index (κ3) is 2.63. The van der Waals surface area contributed by atoms with Crippen LogP contribution >= 0.6 is 0 Å². The standard InChI is InChI=1S/C12H17NO/c1-10-6-4-8-12(2,3)11(14-10)7-5-9-13/h7H,1,4-6,8H2,2-3H3/b11-7-. The van der Waals surface area contributed by atoms with Gasteiger partial charge < -0.3 is 4.74 Å². The first-order valence-corrected chi connectivity index (χ1v) is 4.99. The van der Waals surface area contributed by atoms with Gasteiger partial charge in [0.2, 0.25) is 0 Å². The van der Waals surface area contributed by atoms with Crippen LogP contribution in [0.4, 0.5) is 0 Å². The Labute approximate surface area is 85.9 Å². The van der Waals surface area contributed by atoms with Crippen LogP contribution in [0.1, 0.15) is 39.5 Å². The van der Waals surface area contributed by atoms with Crippen LogP contribution in [-0.4, -0.2) is 0 Å². The zero-order valence-electron chi connectivity index (χ0n) is 8.97. The molecule has 1 aliphatic heterocycles. The topological polar surface area (TPSA) is 33.0 Å². The normalized spacial score (nSPS) is 23.8. The Kier molecular flexibility index (Phi) is 3.35. The van der Waals surface area contributed by atoms with E-state index in [9.17, 15) is 0 Å².